The molecule has 0 aromatic heterocycles. The van der Waals surface area contributed by atoms with Crippen LogP contribution in [0.25, 0.3) is 0 Å². The van der Waals surface area contributed by atoms with Crippen LogP contribution in [0.1, 0.15) is 42.1 Å². The largest absolute Gasteiger partial charge is 0.355 e. The van der Waals surface area contributed by atoms with Gasteiger partial charge in [-0.05, 0) is 25.0 Å². The third-order valence-electron chi connectivity index (χ3n) is 2.90. The van der Waals surface area contributed by atoms with E-state index >= 15 is 0 Å². The third kappa shape index (κ3) is 5.55. The molecule has 0 heterocycles. The molecular formula is C15H22N2O2. The highest BCUT2D eigenvalue weighted by molar-refractivity contribution is 5.97. The second kappa shape index (κ2) is 8.29. The van der Waals surface area contributed by atoms with Crippen molar-refractivity contribution in [2.24, 2.45) is 0 Å². The van der Waals surface area contributed by atoms with Gasteiger partial charge in [0.05, 0.1) is 6.54 Å². The molecule has 0 saturated carbocycles. The lowest BCUT2D eigenvalue weighted by molar-refractivity contribution is -0.120. The van der Waals surface area contributed by atoms with E-state index in [1.807, 2.05) is 25.1 Å². The van der Waals surface area contributed by atoms with E-state index in [9.17, 15) is 9.59 Å². The molecule has 1 aromatic rings. The van der Waals surface area contributed by atoms with Crippen LogP contribution in [0.2, 0.25) is 0 Å². The first-order valence-electron chi connectivity index (χ1n) is 6.75. The highest BCUT2D eigenvalue weighted by Gasteiger charge is 2.09. The lowest BCUT2D eigenvalue weighted by Crippen LogP contribution is -2.37. The molecule has 0 fully saturated rings. The monoisotopic (exact) mass is 262 g/mol. The standard InChI is InChI=1S/C15H22N2O2/c1-3-4-7-10-16-14(18)11-17-15(19)13-9-6-5-8-12(13)2/h5-6,8-9H,3-4,7,10-11H2,1-2H3,(H,16,18)(H,17,19). The van der Waals surface area contributed by atoms with Crippen molar-refractivity contribution in [3.05, 3.63) is 35.4 Å². The summed E-state index contributed by atoms with van der Waals surface area (Å²) in [6.07, 6.45) is 3.21. The van der Waals surface area contributed by atoms with E-state index in [0.29, 0.717) is 12.1 Å². The maximum atomic E-state index is 11.9. The number of nitrogens with one attached hydrogen (secondary N) is 2. The molecule has 0 aliphatic heterocycles. The van der Waals surface area contributed by atoms with Crippen LogP contribution in [-0.2, 0) is 4.79 Å². The third-order valence-corrected chi connectivity index (χ3v) is 2.90. The van der Waals surface area contributed by atoms with Gasteiger partial charge in [0.1, 0.15) is 0 Å². The fourth-order valence-corrected chi connectivity index (χ4v) is 1.75. The molecule has 1 aromatic carbocycles. The molecule has 104 valence electrons. The topological polar surface area (TPSA) is 58.2 Å². The molecule has 0 spiro atoms. The van der Waals surface area contributed by atoms with Crippen LogP contribution in [0.5, 0.6) is 0 Å². The van der Waals surface area contributed by atoms with Crippen molar-refractivity contribution < 1.29 is 9.59 Å². The summed E-state index contributed by atoms with van der Waals surface area (Å²) in [5.41, 5.74) is 1.52. The normalized spacial score (nSPS) is 10.0. The minimum Gasteiger partial charge on any atom is -0.355 e. The van der Waals surface area contributed by atoms with E-state index in [2.05, 4.69) is 17.6 Å². The summed E-state index contributed by atoms with van der Waals surface area (Å²) in [5.74, 6) is -0.347. The Kier molecular flexibility index (Phi) is 6.64. The molecule has 0 aliphatic rings. The van der Waals surface area contributed by atoms with Crippen molar-refractivity contribution in [1.29, 1.82) is 0 Å². The highest BCUT2D eigenvalue weighted by Crippen LogP contribution is 2.05. The molecule has 4 nitrogen and oxygen atoms in total. The van der Waals surface area contributed by atoms with E-state index in [0.717, 1.165) is 24.8 Å². The van der Waals surface area contributed by atoms with E-state index in [1.54, 1.807) is 6.07 Å². The average Bonchev–Trinajstić information content (AvgIpc) is 2.41. The number of carbonyl (C=O) groups excluding carboxylic acids is 2. The van der Waals surface area contributed by atoms with Gasteiger partial charge in [0.25, 0.3) is 5.91 Å². The van der Waals surface area contributed by atoms with Crippen LogP contribution < -0.4 is 10.6 Å². The summed E-state index contributed by atoms with van der Waals surface area (Å²) in [6, 6.07) is 7.32. The predicted molar refractivity (Wildman–Crippen MR) is 76.0 cm³/mol. The van der Waals surface area contributed by atoms with Crippen molar-refractivity contribution >= 4 is 11.8 Å². The molecule has 0 aliphatic carbocycles. The average molecular weight is 262 g/mol. The molecule has 0 saturated heterocycles. The number of benzene rings is 1. The van der Waals surface area contributed by atoms with Crippen LogP contribution in [-0.4, -0.2) is 24.9 Å². The maximum absolute atomic E-state index is 11.9. The van der Waals surface area contributed by atoms with Gasteiger partial charge < -0.3 is 10.6 Å². The molecular weight excluding hydrogens is 240 g/mol. The van der Waals surface area contributed by atoms with E-state index in [4.69, 9.17) is 0 Å². The first-order valence-corrected chi connectivity index (χ1v) is 6.75. The lowest BCUT2D eigenvalue weighted by Gasteiger charge is -2.08. The van der Waals surface area contributed by atoms with Crippen LogP contribution in [0.4, 0.5) is 0 Å². The number of carbonyl (C=O) groups is 2. The summed E-state index contributed by atoms with van der Waals surface area (Å²) < 4.78 is 0. The number of hydrogen-bond donors (Lipinski definition) is 2. The second-order valence-corrected chi connectivity index (χ2v) is 4.55. The fraction of sp³-hybridized carbons (Fsp3) is 0.467. The summed E-state index contributed by atoms with van der Waals surface area (Å²) in [4.78, 5) is 23.4. The van der Waals surface area contributed by atoms with Gasteiger partial charge >= 0.3 is 0 Å². The number of amides is 2. The summed E-state index contributed by atoms with van der Waals surface area (Å²) in [6.45, 7) is 4.69. The Morgan fingerprint density at radius 2 is 1.84 bits per heavy atom. The van der Waals surface area contributed by atoms with Gasteiger partial charge in [-0.1, -0.05) is 38.0 Å². The van der Waals surface area contributed by atoms with Crippen LogP contribution in [0.15, 0.2) is 24.3 Å². The van der Waals surface area contributed by atoms with Crippen LogP contribution in [0.3, 0.4) is 0 Å². The zero-order valence-electron chi connectivity index (χ0n) is 11.7. The number of aryl methyl sites for hydroxylation is 1. The van der Waals surface area contributed by atoms with Gasteiger partial charge in [0.2, 0.25) is 5.91 Å². The number of rotatable bonds is 7. The van der Waals surface area contributed by atoms with Gasteiger partial charge in [-0.2, -0.15) is 0 Å². The molecule has 1 rings (SSSR count). The molecule has 4 heteroatoms. The fourth-order valence-electron chi connectivity index (χ4n) is 1.75. The van der Waals surface area contributed by atoms with Gasteiger partial charge in [-0.15, -0.1) is 0 Å². The van der Waals surface area contributed by atoms with Crippen molar-refractivity contribution in [3.8, 4) is 0 Å². The van der Waals surface area contributed by atoms with Gasteiger partial charge in [-0.3, -0.25) is 9.59 Å². The second-order valence-electron chi connectivity index (χ2n) is 4.55. The van der Waals surface area contributed by atoms with Crippen molar-refractivity contribution in [2.75, 3.05) is 13.1 Å². The zero-order chi connectivity index (χ0) is 14.1. The SMILES string of the molecule is CCCCCNC(=O)CNC(=O)c1ccccc1C. The lowest BCUT2D eigenvalue weighted by atomic mass is 10.1. The molecule has 0 bridgehead atoms. The maximum Gasteiger partial charge on any atom is 0.251 e. The van der Waals surface area contributed by atoms with Gasteiger partial charge in [0, 0.05) is 12.1 Å². The molecule has 0 atom stereocenters. The van der Waals surface area contributed by atoms with E-state index < -0.39 is 0 Å². The number of unbranched alkanes of at least 4 members (excludes halogenated alkanes) is 2. The Hall–Kier alpha value is -1.84. The molecule has 0 unspecified atom stereocenters. The van der Waals surface area contributed by atoms with E-state index in [1.165, 1.54) is 0 Å². The summed E-state index contributed by atoms with van der Waals surface area (Å²) in [5, 5.41) is 5.41. The van der Waals surface area contributed by atoms with Crippen LogP contribution in [0, 0.1) is 6.92 Å². The Morgan fingerprint density at radius 1 is 1.11 bits per heavy atom. The number of hydrogen-bond acceptors (Lipinski definition) is 2. The summed E-state index contributed by atoms with van der Waals surface area (Å²) in [7, 11) is 0. The minimum atomic E-state index is -0.207. The quantitative estimate of drug-likeness (QED) is 0.739. The Labute approximate surface area is 114 Å². The molecule has 2 amide bonds. The molecule has 0 radical (unpaired) electrons. The minimum absolute atomic E-state index is 0.0271. The summed E-state index contributed by atoms with van der Waals surface area (Å²) >= 11 is 0. The van der Waals surface area contributed by atoms with Crippen molar-refractivity contribution in [3.63, 3.8) is 0 Å². The Morgan fingerprint density at radius 3 is 2.53 bits per heavy atom. The van der Waals surface area contributed by atoms with Gasteiger partial charge in [0.15, 0.2) is 0 Å². The Balaban J connectivity index is 2.30. The predicted octanol–water partition coefficient (Wildman–Crippen LogP) is 2.03. The van der Waals surface area contributed by atoms with Crippen LogP contribution >= 0.6 is 0 Å². The smallest absolute Gasteiger partial charge is 0.251 e. The molecule has 2 N–H and O–H groups in total. The zero-order valence-corrected chi connectivity index (χ0v) is 11.7. The van der Waals surface area contributed by atoms with Crippen molar-refractivity contribution in [1.82, 2.24) is 10.6 Å². The Bertz CT molecular complexity index is 430. The van der Waals surface area contributed by atoms with Crippen molar-refractivity contribution in [2.45, 2.75) is 33.1 Å². The highest BCUT2D eigenvalue weighted by atomic mass is 16.2. The van der Waals surface area contributed by atoms with Gasteiger partial charge in [-0.25, -0.2) is 0 Å². The van der Waals surface area contributed by atoms with E-state index in [-0.39, 0.29) is 18.4 Å². The first-order chi connectivity index (χ1) is 9.15. The molecule has 19 heavy (non-hydrogen) atoms. The first kappa shape index (κ1) is 15.2.